The monoisotopic (exact) mass is 476 g/mol. The van der Waals surface area contributed by atoms with E-state index in [1.807, 2.05) is 18.2 Å². The van der Waals surface area contributed by atoms with Crippen LogP contribution in [0.2, 0.25) is 0 Å². The number of hydrogen-bond acceptors (Lipinski definition) is 4. The number of carbonyl (C=O) groups excluding carboxylic acids is 1. The number of nitrogens with one attached hydrogen (secondary N) is 1. The normalized spacial score (nSPS) is 11.6. The summed E-state index contributed by atoms with van der Waals surface area (Å²) in [5.41, 5.74) is 1.67. The number of nitrogens with zero attached hydrogens (tertiary/aromatic N) is 3. The highest BCUT2D eigenvalue weighted by Crippen LogP contribution is 2.22. The molecule has 0 aliphatic heterocycles. The average Bonchev–Trinajstić information content (AvgIpc) is 3.15. The van der Waals surface area contributed by atoms with E-state index in [-0.39, 0.29) is 10.8 Å². The standard InChI is InChI=1S/C20H21BrN4O3S/c1-3-24(4-2)29(27,28)17-11-9-15(10-12-17)20(26)23-18-7-5-6-8-19(18)25-14-16(21)13-22-25/h5-14H,3-4H2,1-2H3,(H,23,26). The second kappa shape index (κ2) is 8.89. The van der Waals surface area contributed by atoms with E-state index in [9.17, 15) is 13.2 Å². The van der Waals surface area contributed by atoms with E-state index in [0.29, 0.717) is 30.0 Å². The predicted octanol–water partition coefficient (Wildman–Crippen LogP) is 3.92. The Labute approximate surface area is 178 Å². The summed E-state index contributed by atoms with van der Waals surface area (Å²) in [6.07, 6.45) is 3.45. The Morgan fingerprint density at radius 3 is 2.34 bits per heavy atom. The highest BCUT2D eigenvalue weighted by molar-refractivity contribution is 9.10. The lowest BCUT2D eigenvalue weighted by atomic mass is 10.2. The molecule has 1 N–H and O–H groups in total. The lowest BCUT2D eigenvalue weighted by Crippen LogP contribution is -2.30. The van der Waals surface area contributed by atoms with Gasteiger partial charge in [0.05, 0.1) is 26.9 Å². The third-order valence-electron chi connectivity index (χ3n) is 4.41. The number of amides is 1. The minimum Gasteiger partial charge on any atom is -0.320 e. The summed E-state index contributed by atoms with van der Waals surface area (Å²) in [5, 5.41) is 7.11. The van der Waals surface area contributed by atoms with Gasteiger partial charge in [0.2, 0.25) is 10.0 Å². The van der Waals surface area contributed by atoms with E-state index < -0.39 is 10.0 Å². The summed E-state index contributed by atoms with van der Waals surface area (Å²) in [4.78, 5) is 12.9. The lowest BCUT2D eigenvalue weighted by Gasteiger charge is -2.18. The van der Waals surface area contributed by atoms with E-state index in [0.717, 1.165) is 4.47 Å². The Morgan fingerprint density at radius 1 is 1.10 bits per heavy atom. The van der Waals surface area contributed by atoms with Crippen molar-refractivity contribution in [3.63, 3.8) is 0 Å². The van der Waals surface area contributed by atoms with E-state index >= 15 is 0 Å². The minimum absolute atomic E-state index is 0.166. The first-order valence-electron chi connectivity index (χ1n) is 9.08. The van der Waals surface area contributed by atoms with Crippen LogP contribution in [0.1, 0.15) is 24.2 Å². The second-order valence-electron chi connectivity index (χ2n) is 6.19. The summed E-state index contributed by atoms with van der Waals surface area (Å²) in [6, 6.07) is 13.2. The molecule has 0 atom stereocenters. The molecule has 29 heavy (non-hydrogen) atoms. The van der Waals surface area contributed by atoms with Gasteiger partial charge in [-0.1, -0.05) is 26.0 Å². The summed E-state index contributed by atoms with van der Waals surface area (Å²) in [6.45, 7) is 4.36. The van der Waals surface area contributed by atoms with Gasteiger partial charge < -0.3 is 5.32 Å². The summed E-state index contributed by atoms with van der Waals surface area (Å²) in [5.74, 6) is -0.338. The maximum absolute atomic E-state index is 12.7. The highest BCUT2D eigenvalue weighted by atomic mass is 79.9. The molecule has 1 heterocycles. The van der Waals surface area contributed by atoms with Gasteiger partial charge in [-0.15, -0.1) is 0 Å². The third-order valence-corrected chi connectivity index (χ3v) is 6.88. The van der Waals surface area contributed by atoms with Gasteiger partial charge in [0.1, 0.15) is 0 Å². The van der Waals surface area contributed by atoms with Crippen LogP contribution in [0, 0.1) is 0 Å². The molecule has 3 aromatic rings. The van der Waals surface area contributed by atoms with Crippen molar-refractivity contribution in [1.29, 1.82) is 0 Å². The summed E-state index contributed by atoms with van der Waals surface area (Å²) in [7, 11) is -3.56. The van der Waals surface area contributed by atoms with E-state index in [4.69, 9.17) is 0 Å². The van der Waals surface area contributed by atoms with Crippen molar-refractivity contribution in [1.82, 2.24) is 14.1 Å². The fourth-order valence-corrected chi connectivity index (χ4v) is 4.64. The largest absolute Gasteiger partial charge is 0.320 e. The number of aromatic nitrogens is 2. The molecule has 1 aromatic heterocycles. The fraction of sp³-hybridized carbons (Fsp3) is 0.200. The van der Waals surface area contributed by atoms with Crippen molar-refractivity contribution >= 4 is 37.5 Å². The zero-order valence-corrected chi connectivity index (χ0v) is 18.4. The molecule has 0 spiro atoms. The molecule has 7 nitrogen and oxygen atoms in total. The van der Waals surface area contributed by atoms with Gasteiger partial charge in [0, 0.05) is 24.8 Å². The zero-order valence-electron chi connectivity index (χ0n) is 16.0. The first-order valence-corrected chi connectivity index (χ1v) is 11.3. The van der Waals surface area contributed by atoms with Gasteiger partial charge in [-0.2, -0.15) is 9.40 Å². The van der Waals surface area contributed by atoms with E-state index in [1.165, 1.54) is 28.6 Å². The number of benzene rings is 2. The Morgan fingerprint density at radius 2 is 1.76 bits per heavy atom. The number of rotatable bonds is 7. The maximum atomic E-state index is 12.7. The van der Waals surface area contributed by atoms with Crippen molar-refractivity contribution in [2.45, 2.75) is 18.7 Å². The molecular formula is C20H21BrN4O3S. The van der Waals surface area contributed by atoms with Crippen LogP contribution in [-0.4, -0.2) is 41.5 Å². The van der Waals surface area contributed by atoms with Gasteiger partial charge in [-0.3, -0.25) is 4.79 Å². The van der Waals surface area contributed by atoms with E-state index in [2.05, 4.69) is 26.3 Å². The molecule has 0 saturated carbocycles. The van der Waals surface area contributed by atoms with Crippen molar-refractivity contribution in [3.8, 4) is 5.69 Å². The number of hydrogen-bond donors (Lipinski definition) is 1. The Kier molecular flexibility index (Phi) is 6.51. The van der Waals surface area contributed by atoms with Crippen LogP contribution in [-0.2, 0) is 10.0 Å². The second-order valence-corrected chi connectivity index (χ2v) is 9.04. The van der Waals surface area contributed by atoms with Crippen LogP contribution in [0.5, 0.6) is 0 Å². The fourth-order valence-electron chi connectivity index (χ4n) is 2.90. The molecular weight excluding hydrogens is 456 g/mol. The van der Waals surface area contributed by atoms with Crippen LogP contribution in [0.3, 0.4) is 0 Å². The molecule has 0 radical (unpaired) electrons. The van der Waals surface area contributed by atoms with Gasteiger partial charge in [0.25, 0.3) is 5.91 Å². The van der Waals surface area contributed by atoms with Gasteiger partial charge in [-0.05, 0) is 52.3 Å². The molecule has 1 amide bonds. The Balaban J connectivity index is 1.83. The van der Waals surface area contributed by atoms with E-state index in [1.54, 1.807) is 37.0 Å². The average molecular weight is 477 g/mol. The molecule has 0 aliphatic rings. The molecule has 152 valence electrons. The summed E-state index contributed by atoms with van der Waals surface area (Å²) >= 11 is 3.36. The highest BCUT2D eigenvalue weighted by Gasteiger charge is 2.21. The molecule has 0 saturated heterocycles. The van der Waals surface area contributed by atoms with Crippen LogP contribution in [0.15, 0.2) is 70.3 Å². The zero-order chi connectivity index (χ0) is 21.0. The van der Waals surface area contributed by atoms with Gasteiger partial charge in [0.15, 0.2) is 0 Å². The quantitative estimate of drug-likeness (QED) is 0.559. The first kappa shape index (κ1) is 21.2. The first-order chi connectivity index (χ1) is 13.9. The molecule has 0 aliphatic carbocycles. The maximum Gasteiger partial charge on any atom is 0.255 e. The van der Waals surface area contributed by atoms with Crippen molar-refractivity contribution < 1.29 is 13.2 Å². The summed E-state index contributed by atoms with van der Waals surface area (Å²) < 4.78 is 29.0. The number of carbonyl (C=O) groups is 1. The number of para-hydroxylation sites is 2. The van der Waals surface area contributed by atoms with Crippen molar-refractivity contribution in [2.75, 3.05) is 18.4 Å². The molecule has 3 rings (SSSR count). The predicted molar refractivity (Wildman–Crippen MR) is 116 cm³/mol. The topological polar surface area (TPSA) is 84.3 Å². The van der Waals surface area contributed by atoms with Gasteiger partial charge >= 0.3 is 0 Å². The molecule has 0 fully saturated rings. The van der Waals surface area contributed by atoms with Crippen LogP contribution in [0.25, 0.3) is 5.69 Å². The van der Waals surface area contributed by atoms with Crippen LogP contribution in [0.4, 0.5) is 5.69 Å². The SMILES string of the molecule is CCN(CC)S(=O)(=O)c1ccc(C(=O)Nc2ccccc2-n2cc(Br)cn2)cc1. The molecule has 9 heteroatoms. The molecule has 2 aromatic carbocycles. The molecule has 0 unspecified atom stereocenters. The van der Waals surface area contributed by atoms with Crippen molar-refractivity contribution in [3.05, 3.63) is 71.0 Å². The number of halogens is 1. The molecule has 0 bridgehead atoms. The van der Waals surface area contributed by atoms with Crippen LogP contribution >= 0.6 is 15.9 Å². The Bertz CT molecular complexity index is 1110. The lowest BCUT2D eigenvalue weighted by molar-refractivity contribution is 0.102. The minimum atomic E-state index is -3.56. The Hall–Kier alpha value is -2.49. The van der Waals surface area contributed by atoms with Crippen LogP contribution < -0.4 is 5.32 Å². The van der Waals surface area contributed by atoms with Crippen molar-refractivity contribution in [2.24, 2.45) is 0 Å². The number of anilines is 1. The smallest absolute Gasteiger partial charge is 0.255 e. The van der Waals surface area contributed by atoms with Gasteiger partial charge in [-0.25, -0.2) is 13.1 Å². The third kappa shape index (κ3) is 4.58. The number of sulfonamides is 1.